The number of aryl methyl sites for hydroxylation is 1. The van der Waals surface area contributed by atoms with E-state index in [0.717, 1.165) is 29.4 Å². The Balaban J connectivity index is 1.60. The lowest BCUT2D eigenvalue weighted by molar-refractivity contribution is -0.130. The summed E-state index contributed by atoms with van der Waals surface area (Å²) in [4.78, 5) is 19.1. The van der Waals surface area contributed by atoms with Crippen molar-refractivity contribution in [1.82, 2.24) is 14.5 Å². The predicted molar refractivity (Wildman–Crippen MR) is 119 cm³/mol. The maximum Gasteiger partial charge on any atom is 0.250 e. The number of hydrogen-bond donors (Lipinski definition) is 0. The molecule has 1 atom stereocenters. The third kappa shape index (κ3) is 4.42. The molecule has 0 saturated carbocycles. The summed E-state index contributed by atoms with van der Waals surface area (Å²) in [5.41, 5.74) is 3.70. The van der Waals surface area contributed by atoms with Crippen LogP contribution in [0.15, 0.2) is 54.5 Å². The topological polar surface area (TPSA) is 47.4 Å². The molecule has 1 saturated heterocycles. The zero-order valence-corrected chi connectivity index (χ0v) is 18.3. The normalized spacial score (nSPS) is 16.5. The van der Waals surface area contributed by atoms with Gasteiger partial charge in [-0.15, -0.1) is 0 Å². The molecular weight excluding hydrogens is 412 g/mol. The number of halogens is 2. The molecule has 4 rings (SSSR count). The molecule has 0 aliphatic carbocycles. The Morgan fingerprint density at radius 3 is 2.56 bits per heavy atom. The zero-order chi connectivity index (χ0) is 22.8. The fraction of sp³-hybridized carbons (Fsp3) is 0.280. The van der Waals surface area contributed by atoms with Crippen LogP contribution in [-0.2, 0) is 4.79 Å². The predicted octanol–water partition coefficient (Wildman–Crippen LogP) is 5.23. The maximum atomic E-state index is 13.7. The molecule has 3 aromatic rings. The Morgan fingerprint density at radius 1 is 1.16 bits per heavy atom. The molecule has 1 aromatic heterocycles. The Hall–Kier alpha value is -3.48. The molecule has 0 spiro atoms. The van der Waals surface area contributed by atoms with Crippen LogP contribution < -0.4 is 4.74 Å². The average Bonchev–Trinajstić information content (AvgIpc) is 3.20. The van der Waals surface area contributed by atoms with Crippen molar-refractivity contribution in [1.29, 1.82) is 0 Å². The van der Waals surface area contributed by atoms with Crippen LogP contribution in [0.25, 0.3) is 11.8 Å². The maximum absolute atomic E-state index is 13.7. The van der Waals surface area contributed by atoms with Gasteiger partial charge in [0, 0.05) is 24.4 Å². The van der Waals surface area contributed by atoms with Gasteiger partial charge in [0.25, 0.3) is 0 Å². The number of nitrogens with zero attached hydrogens (tertiary/aromatic N) is 3. The first-order chi connectivity index (χ1) is 15.4. The summed E-state index contributed by atoms with van der Waals surface area (Å²) >= 11 is 0. The van der Waals surface area contributed by atoms with Gasteiger partial charge in [-0.05, 0) is 68.2 Å². The first kappa shape index (κ1) is 21.7. The third-order valence-electron chi connectivity index (χ3n) is 5.75. The van der Waals surface area contributed by atoms with Crippen molar-refractivity contribution in [2.45, 2.75) is 32.7 Å². The molecule has 32 heavy (non-hydrogen) atoms. The summed E-state index contributed by atoms with van der Waals surface area (Å²) < 4.78 is 34.8. The lowest BCUT2D eigenvalue weighted by Gasteiger charge is -2.34. The Labute approximate surface area is 186 Å². The van der Waals surface area contributed by atoms with E-state index in [4.69, 9.17) is 4.74 Å². The standard InChI is InChI=1S/C25H25F2N3O2/c1-16-14-29(15-28-16)23-7-6-18(10-24(23)32-3)9-19-5-4-8-30(25(19)31)17(2)20-11-21(26)13-22(27)12-20/h6-7,9-15,17H,4-5,8H2,1-3H3/b19-9+/t17-/m0/s1. The number of ether oxygens (including phenoxy) is 1. The Morgan fingerprint density at radius 2 is 1.91 bits per heavy atom. The lowest BCUT2D eigenvalue weighted by atomic mass is 9.97. The molecule has 166 valence electrons. The van der Waals surface area contributed by atoms with Crippen molar-refractivity contribution >= 4 is 12.0 Å². The molecule has 0 N–H and O–H groups in total. The molecular formula is C25H25F2N3O2. The number of rotatable bonds is 5. The summed E-state index contributed by atoms with van der Waals surface area (Å²) in [5.74, 6) is -0.748. The van der Waals surface area contributed by atoms with Crippen LogP contribution >= 0.6 is 0 Å². The summed E-state index contributed by atoms with van der Waals surface area (Å²) in [5, 5.41) is 0. The second-order valence-corrected chi connectivity index (χ2v) is 8.00. The van der Waals surface area contributed by atoms with E-state index in [2.05, 4.69) is 4.98 Å². The average molecular weight is 437 g/mol. The smallest absolute Gasteiger partial charge is 0.250 e. The Bertz CT molecular complexity index is 1170. The van der Waals surface area contributed by atoms with Gasteiger partial charge in [0.05, 0.1) is 30.9 Å². The second-order valence-electron chi connectivity index (χ2n) is 8.00. The number of aromatic nitrogens is 2. The van der Waals surface area contributed by atoms with Gasteiger partial charge in [0.1, 0.15) is 17.4 Å². The lowest BCUT2D eigenvalue weighted by Crippen LogP contribution is -2.38. The highest BCUT2D eigenvalue weighted by Gasteiger charge is 2.28. The quantitative estimate of drug-likeness (QED) is 0.513. The van der Waals surface area contributed by atoms with Crippen LogP contribution in [0.1, 0.15) is 42.6 Å². The molecule has 5 nitrogen and oxygen atoms in total. The van der Waals surface area contributed by atoms with Crippen molar-refractivity contribution in [2.24, 2.45) is 0 Å². The van der Waals surface area contributed by atoms with Gasteiger partial charge in [-0.2, -0.15) is 0 Å². The van der Waals surface area contributed by atoms with Crippen molar-refractivity contribution < 1.29 is 18.3 Å². The van der Waals surface area contributed by atoms with Crippen molar-refractivity contribution in [2.75, 3.05) is 13.7 Å². The monoisotopic (exact) mass is 437 g/mol. The van der Waals surface area contributed by atoms with Gasteiger partial charge in [0.15, 0.2) is 0 Å². The van der Waals surface area contributed by atoms with Gasteiger partial charge >= 0.3 is 0 Å². The molecule has 1 fully saturated rings. The number of methoxy groups -OCH3 is 1. The number of carbonyl (C=O) groups excluding carboxylic acids is 1. The second kappa shape index (κ2) is 8.94. The minimum atomic E-state index is -0.646. The van der Waals surface area contributed by atoms with Crippen LogP contribution in [0.3, 0.4) is 0 Å². The molecule has 2 aromatic carbocycles. The van der Waals surface area contributed by atoms with E-state index in [1.807, 2.05) is 42.0 Å². The number of benzene rings is 2. The highest BCUT2D eigenvalue weighted by atomic mass is 19.1. The SMILES string of the molecule is COc1cc(/C=C2\CCCN([C@@H](C)c3cc(F)cc(F)c3)C2=O)ccc1-n1cnc(C)c1. The van der Waals surface area contributed by atoms with Crippen LogP contribution in [0.4, 0.5) is 8.78 Å². The number of amides is 1. The molecule has 1 aliphatic rings. The molecule has 0 unspecified atom stereocenters. The summed E-state index contributed by atoms with van der Waals surface area (Å²) in [6.45, 7) is 4.25. The van der Waals surface area contributed by atoms with Crippen LogP contribution in [0.5, 0.6) is 5.75 Å². The third-order valence-corrected chi connectivity index (χ3v) is 5.75. The van der Waals surface area contributed by atoms with E-state index in [9.17, 15) is 13.6 Å². The van der Waals surface area contributed by atoms with E-state index >= 15 is 0 Å². The van der Waals surface area contributed by atoms with Gasteiger partial charge in [-0.3, -0.25) is 4.79 Å². The van der Waals surface area contributed by atoms with Gasteiger partial charge < -0.3 is 14.2 Å². The number of imidazole rings is 1. The van der Waals surface area contributed by atoms with Crippen LogP contribution in [0.2, 0.25) is 0 Å². The fourth-order valence-corrected chi connectivity index (χ4v) is 4.08. The van der Waals surface area contributed by atoms with E-state index in [1.54, 1.807) is 25.3 Å². The number of carbonyl (C=O) groups is 1. The fourth-order valence-electron chi connectivity index (χ4n) is 4.08. The highest BCUT2D eigenvalue weighted by molar-refractivity contribution is 5.98. The molecule has 1 amide bonds. The highest BCUT2D eigenvalue weighted by Crippen LogP contribution is 2.31. The molecule has 0 bridgehead atoms. The molecule has 2 heterocycles. The van der Waals surface area contributed by atoms with Crippen molar-refractivity contribution in [3.8, 4) is 11.4 Å². The molecule has 7 heteroatoms. The summed E-state index contributed by atoms with van der Waals surface area (Å²) in [6, 6.07) is 8.70. The summed E-state index contributed by atoms with van der Waals surface area (Å²) in [7, 11) is 1.60. The Kier molecular flexibility index (Phi) is 6.08. The van der Waals surface area contributed by atoms with E-state index in [1.165, 1.54) is 12.1 Å². The van der Waals surface area contributed by atoms with Gasteiger partial charge in [-0.1, -0.05) is 6.07 Å². The van der Waals surface area contributed by atoms with E-state index in [0.29, 0.717) is 29.9 Å². The van der Waals surface area contributed by atoms with Crippen molar-refractivity contribution in [3.05, 3.63) is 83.0 Å². The largest absolute Gasteiger partial charge is 0.495 e. The van der Waals surface area contributed by atoms with Gasteiger partial charge in [-0.25, -0.2) is 13.8 Å². The van der Waals surface area contributed by atoms with Crippen molar-refractivity contribution in [3.63, 3.8) is 0 Å². The van der Waals surface area contributed by atoms with E-state index in [-0.39, 0.29) is 5.91 Å². The van der Waals surface area contributed by atoms with Gasteiger partial charge in [0.2, 0.25) is 5.91 Å². The number of hydrogen-bond acceptors (Lipinski definition) is 3. The first-order valence-electron chi connectivity index (χ1n) is 10.5. The first-order valence-corrected chi connectivity index (χ1v) is 10.5. The minimum Gasteiger partial charge on any atom is -0.495 e. The summed E-state index contributed by atoms with van der Waals surface area (Å²) in [6.07, 6.45) is 6.92. The van der Waals surface area contributed by atoms with E-state index < -0.39 is 17.7 Å². The van der Waals surface area contributed by atoms with Crippen LogP contribution in [-0.4, -0.2) is 34.0 Å². The number of likely N-dealkylation sites (tertiary alicyclic amines) is 1. The molecule has 1 aliphatic heterocycles. The number of piperidine rings is 1. The van der Waals surface area contributed by atoms with Crippen LogP contribution in [0, 0.1) is 18.6 Å². The minimum absolute atomic E-state index is 0.123. The molecule has 0 radical (unpaired) electrons. The zero-order valence-electron chi connectivity index (χ0n) is 18.3.